The van der Waals surface area contributed by atoms with E-state index in [9.17, 15) is 14.7 Å². The van der Waals surface area contributed by atoms with Gasteiger partial charge >= 0.3 is 5.97 Å². The van der Waals surface area contributed by atoms with E-state index in [1.54, 1.807) is 32.8 Å². The first-order valence-corrected chi connectivity index (χ1v) is 7.27. The van der Waals surface area contributed by atoms with Crippen molar-refractivity contribution in [3.63, 3.8) is 0 Å². The number of carboxylic acid groups (broad SMARTS) is 1. The highest BCUT2D eigenvalue weighted by Crippen LogP contribution is 2.35. The normalized spacial score (nSPS) is 23.2. The van der Waals surface area contributed by atoms with Crippen LogP contribution in [0.5, 0.6) is 0 Å². The van der Waals surface area contributed by atoms with Crippen molar-refractivity contribution >= 4 is 11.9 Å². The van der Waals surface area contributed by atoms with Gasteiger partial charge in [0.2, 0.25) is 0 Å². The van der Waals surface area contributed by atoms with Crippen LogP contribution in [0.15, 0.2) is 0 Å². The molecule has 0 saturated carbocycles. The van der Waals surface area contributed by atoms with E-state index >= 15 is 0 Å². The molecule has 2 atom stereocenters. The van der Waals surface area contributed by atoms with E-state index in [1.165, 1.54) is 0 Å². The first kappa shape index (κ1) is 17.0. The molecule has 116 valence electrons. The Bertz CT molecular complexity index is 374. The molecule has 1 aliphatic rings. The van der Waals surface area contributed by atoms with Crippen LogP contribution in [0.4, 0.5) is 0 Å². The lowest BCUT2D eigenvalue weighted by Gasteiger charge is -2.42. The van der Waals surface area contributed by atoms with Gasteiger partial charge in [0, 0.05) is 20.2 Å². The molecule has 1 heterocycles. The number of aliphatic carboxylic acids is 1. The van der Waals surface area contributed by atoms with Gasteiger partial charge in [0.15, 0.2) is 0 Å². The molecule has 1 saturated heterocycles. The Hall–Kier alpha value is -1.10. The van der Waals surface area contributed by atoms with Crippen molar-refractivity contribution in [3.8, 4) is 0 Å². The summed E-state index contributed by atoms with van der Waals surface area (Å²) in [6.07, 6.45) is 2.29. The monoisotopic (exact) mass is 285 g/mol. The molecule has 0 radical (unpaired) electrons. The quantitative estimate of drug-likeness (QED) is 0.840. The number of ether oxygens (including phenoxy) is 1. The van der Waals surface area contributed by atoms with Gasteiger partial charge in [-0.25, -0.2) is 0 Å². The van der Waals surface area contributed by atoms with Crippen LogP contribution < -0.4 is 0 Å². The smallest absolute Gasteiger partial charge is 0.309 e. The van der Waals surface area contributed by atoms with E-state index < -0.39 is 17.0 Å². The topological polar surface area (TPSA) is 66.8 Å². The fourth-order valence-electron chi connectivity index (χ4n) is 2.64. The second kappa shape index (κ2) is 6.12. The molecule has 2 unspecified atom stereocenters. The van der Waals surface area contributed by atoms with Crippen molar-refractivity contribution in [3.05, 3.63) is 0 Å². The van der Waals surface area contributed by atoms with E-state index in [1.807, 2.05) is 6.92 Å². The lowest BCUT2D eigenvalue weighted by atomic mass is 9.74. The van der Waals surface area contributed by atoms with Gasteiger partial charge in [0.05, 0.1) is 5.41 Å². The molecule has 0 aromatic carbocycles. The van der Waals surface area contributed by atoms with Crippen molar-refractivity contribution in [2.75, 3.05) is 20.2 Å². The third kappa shape index (κ3) is 3.14. The Morgan fingerprint density at radius 3 is 2.40 bits per heavy atom. The summed E-state index contributed by atoms with van der Waals surface area (Å²) in [6, 6.07) is 0. The largest absolute Gasteiger partial charge is 0.481 e. The van der Waals surface area contributed by atoms with Crippen molar-refractivity contribution in [2.24, 2.45) is 11.3 Å². The number of carbonyl (C=O) groups excluding carboxylic acids is 1. The van der Waals surface area contributed by atoms with Gasteiger partial charge < -0.3 is 14.7 Å². The van der Waals surface area contributed by atoms with Crippen LogP contribution in [0, 0.1) is 11.3 Å². The van der Waals surface area contributed by atoms with Gasteiger partial charge in [-0.2, -0.15) is 0 Å². The van der Waals surface area contributed by atoms with Gasteiger partial charge in [-0.3, -0.25) is 9.59 Å². The summed E-state index contributed by atoms with van der Waals surface area (Å²) >= 11 is 0. The second-order valence-electron chi connectivity index (χ2n) is 6.41. The standard InChI is InChI=1S/C15H27NO4/c1-6-15(4,20-5)12(17)16-9-7-8-11(10-16)14(2,3)13(18)19/h11H,6-10H2,1-5H3,(H,18,19). The highest BCUT2D eigenvalue weighted by Gasteiger charge is 2.43. The number of methoxy groups -OCH3 is 1. The number of rotatable bonds is 5. The van der Waals surface area contributed by atoms with E-state index in [0.29, 0.717) is 19.5 Å². The van der Waals surface area contributed by atoms with E-state index in [4.69, 9.17) is 4.74 Å². The Labute approximate surface area is 121 Å². The van der Waals surface area contributed by atoms with Crippen LogP contribution in [0.2, 0.25) is 0 Å². The summed E-state index contributed by atoms with van der Waals surface area (Å²) in [4.78, 5) is 25.7. The maximum absolute atomic E-state index is 12.6. The highest BCUT2D eigenvalue weighted by atomic mass is 16.5. The number of hydrogen-bond acceptors (Lipinski definition) is 3. The van der Waals surface area contributed by atoms with Gasteiger partial charge in [0.25, 0.3) is 5.91 Å². The Morgan fingerprint density at radius 1 is 1.35 bits per heavy atom. The first-order chi connectivity index (χ1) is 9.19. The molecule has 1 rings (SSSR count). The third-order valence-electron chi connectivity index (χ3n) is 4.86. The molecule has 5 nitrogen and oxygen atoms in total. The van der Waals surface area contributed by atoms with Crippen LogP contribution >= 0.6 is 0 Å². The maximum Gasteiger partial charge on any atom is 0.309 e. The summed E-state index contributed by atoms with van der Waals surface area (Å²) in [7, 11) is 1.55. The molecule has 0 aromatic rings. The SMILES string of the molecule is CCC(C)(OC)C(=O)N1CCCC(C(C)(C)C(=O)O)C1. The fraction of sp³-hybridized carbons (Fsp3) is 0.867. The number of hydrogen-bond donors (Lipinski definition) is 1. The highest BCUT2D eigenvalue weighted by molar-refractivity contribution is 5.85. The van der Waals surface area contributed by atoms with Gasteiger partial charge in [-0.15, -0.1) is 0 Å². The van der Waals surface area contributed by atoms with Crippen LogP contribution in [-0.2, 0) is 14.3 Å². The fourth-order valence-corrected chi connectivity index (χ4v) is 2.64. The van der Waals surface area contributed by atoms with Crippen LogP contribution in [-0.4, -0.2) is 47.7 Å². The van der Waals surface area contributed by atoms with Crippen molar-refractivity contribution in [2.45, 2.75) is 52.6 Å². The average molecular weight is 285 g/mol. The minimum Gasteiger partial charge on any atom is -0.481 e. The average Bonchev–Trinajstić information content (AvgIpc) is 2.45. The minimum atomic E-state index is -0.811. The molecule has 1 fully saturated rings. The van der Waals surface area contributed by atoms with Crippen molar-refractivity contribution in [1.82, 2.24) is 4.90 Å². The summed E-state index contributed by atoms with van der Waals surface area (Å²) in [5.74, 6) is -0.856. The van der Waals surface area contributed by atoms with Crippen molar-refractivity contribution < 1.29 is 19.4 Å². The summed E-state index contributed by atoms with van der Waals surface area (Å²) in [5.41, 5.74) is -1.62. The molecule has 5 heteroatoms. The van der Waals surface area contributed by atoms with Crippen molar-refractivity contribution in [1.29, 1.82) is 0 Å². The van der Waals surface area contributed by atoms with E-state index in [2.05, 4.69) is 0 Å². The maximum atomic E-state index is 12.6. The number of likely N-dealkylation sites (tertiary alicyclic amines) is 1. The molecule has 0 aromatic heterocycles. The number of piperidine rings is 1. The summed E-state index contributed by atoms with van der Waals surface area (Å²) < 4.78 is 5.36. The molecule has 0 bridgehead atoms. The Kier molecular flexibility index (Phi) is 5.19. The molecule has 1 aliphatic heterocycles. The lowest BCUT2D eigenvalue weighted by molar-refractivity contribution is -0.160. The number of carboxylic acids is 1. The molecule has 0 spiro atoms. The second-order valence-corrected chi connectivity index (χ2v) is 6.41. The van der Waals surface area contributed by atoms with E-state index in [-0.39, 0.29) is 11.8 Å². The lowest BCUT2D eigenvalue weighted by Crippen LogP contribution is -2.53. The van der Waals surface area contributed by atoms with E-state index in [0.717, 1.165) is 12.8 Å². The summed E-state index contributed by atoms with van der Waals surface area (Å²) in [6.45, 7) is 8.37. The Balaban J connectivity index is 2.85. The molecular weight excluding hydrogens is 258 g/mol. The first-order valence-electron chi connectivity index (χ1n) is 7.27. The minimum absolute atomic E-state index is 0.0179. The molecular formula is C15H27NO4. The van der Waals surface area contributed by atoms with Crippen LogP contribution in [0.25, 0.3) is 0 Å². The molecule has 20 heavy (non-hydrogen) atoms. The zero-order valence-corrected chi connectivity index (χ0v) is 13.2. The predicted octanol–water partition coefficient (Wildman–Crippen LogP) is 2.15. The number of nitrogens with zero attached hydrogens (tertiary/aromatic N) is 1. The van der Waals surface area contributed by atoms with Gasteiger partial charge in [-0.05, 0) is 46.0 Å². The molecule has 0 aliphatic carbocycles. The van der Waals surface area contributed by atoms with Crippen LogP contribution in [0.3, 0.4) is 0 Å². The Morgan fingerprint density at radius 2 is 1.95 bits per heavy atom. The van der Waals surface area contributed by atoms with Crippen LogP contribution in [0.1, 0.15) is 47.0 Å². The zero-order chi connectivity index (χ0) is 15.6. The zero-order valence-electron chi connectivity index (χ0n) is 13.2. The molecule has 1 amide bonds. The predicted molar refractivity (Wildman–Crippen MR) is 76.4 cm³/mol. The number of carbonyl (C=O) groups is 2. The molecule has 1 N–H and O–H groups in total. The summed E-state index contributed by atoms with van der Waals surface area (Å²) in [5, 5.41) is 9.34. The van der Waals surface area contributed by atoms with Gasteiger partial charge in [-0.1, -0.05) is 6.92 Å². The van der Waals surface area contributed by atoms with Gasteiger partial charge in [0.1, 0.15) is 5.60 Å². The third-order valence-corrected chi connectivity index (χ3v) is 4.86. The number of amides is 1.